The lowest BCUT2D eigenvalue weighted by atomic mass is 10.6. The molecule has 1 fully saturated rings. The molecule has 0 aromatic heterocycles. The molecule has 0 atom stereocenters. The van der Waals surface area contributed by atoms with E-state index in [2.05, 4.69) is 16.5 Å². The second-order valence-corrected chi connectivity index (χ2v) is 1.99. The molecule has 0 aromatic carbocycles. The van der Waals surface area contributed by atoms with Crippen LogP contribution in [0.25, 0.3) is 0 Å². The Bertz CT molecular complexity index is 115. The first-order chi connectivity index (χ1) is 4.34. The molecule has 52 valence electrons. The lowest BCUT2D eigenvalue weighted by molar-refractivity contribution is 0.311. The summed E-state index contributed by atoms with van der Waals surface area (Å²) in [5.74, 6) is 0. The average molecular weight is 147 g/mol. The van der Waals surface area contributed by atoms with Crippen LogP contribution >= 0.6 is 12.2 Å². The van der Waals surface area contributed by atoms with Gasteiger partial charge in [-0.15, -0.1) is 5.53 Å². The van der Waals surface area contributed by atoms with Gasteiger partial charge in [0.25, 0.3) is 0 Å². The zero-order valence-electron chi connectivity index (χ0n) is 4.85. The van der Waals surface area contributed by atoms with Crippen LogP contribution in [0.1, 0.15) is 0 Å². The van der Waals surface area contributed by atoms with Gasteiger partial charge in [0.15, 0.2) is 5.11 Å². The molecule has 9 heavy (non-hydrogen) atoms. The quantitative estimate of drug-likeness (QED) is 0.341. The molecule has 6 heteroatoms. The minimum atomic E-state index is 0.580. The van der Waals surface area contributed by atoms with E-state index in [1.807, 2.05) is 0 Å². The first kappa shape index (κ1) is 6.69. The van der Waals surface area contributed by atoms with Gasteiger partial charge in [-0.05, 0) is 12.2 Å². The van der Waals surface area contributed by atoms with Crippen molar-refractivity contribution in [2.75, 3.05) is 13.1 Å². The molecule has 1 heterocycles. The number of thiocarbonyl (C=S) groups is 1. The summed E-state index contributed by atoms with van der Waals surface area (Å²) in [4.78, 5) is 0. The Labute approximate surface area is 58.5 Å². The zero-order valence-corrected chi connectivity index (χ0v) is 5.66. The van der Waals surface area contributed by atoms with Gasteiger partial charge >= 0.3 is 0 Å². The highest BCUT2D eigenvalue weighted by Gasteiger charge is 2.12. The Kier molecular flexibility index (Phi) is 2.17. The Morgan fingerprint density at radius 2 is 2.44 bits per heavy atom. The molecule has 1 saturated heterocycles. The van der Waals surface area contributed by atoms with Crippen LogP contribution in [0.4, 0.5) is 0 Å². The van der Waals surface area contributed by atoms with Crippen LogP contribution in [0, 0.1) is 0 Å². The number of rotatable bonds is 2. The van der Waals surface area contributed by atoms with Crippen LogP contribution < -0.4 is 22.2 Å². The minimum absolute atomic E-state index is 0.580. The van der Waals surface area contributed by atoms with Crippen molar-refractivity contribution in [3.8, 4) is 0 Å². The largest absolute Gasteiger partial charge is 0.329 e. The number of nitrogens with two attached hydrogens (primary N) is 1. The van der Waals surface area contributed by atoms with Gasteiger partial charge in [-0.1, -0.05) is 0 Å². The van der Waals surface area contributed by atoms with Gasteiger partial charge in [0.2, 0.25) is 0 Å². The van der Waals surface area contributed by atoms with Gasteiger partial charge < -0.3 is 5.73 Å². The second kappa shape index (κ2) is 2.92. The molecule has 0 radical (unpaired) electrons. The van der Waals surface area contributed by atoms with E-state index in [0.717, 1.165) is 0 Å². The van der Waals surface area contributed by atoms with Crippen molar-refractivity contribution in [1.29, 1.82) is 0 Å². The average Bonchev–Trinajstić information content (AvgIpc) is 2.18. The fraction of sp³-hybridized carbons (Fsp3) is 0.667. The van der Waals surface area contributed by atoms with E-state index in [0.29, 0.717) is 18.2 Å². The molecule has 0 bridgehead atoms. The van der Waals surface area contributed by atoms with Gasteiger partial charge in [-0.2, -0.15) is 5.53 Å². The van der Waals surface area contributed by atoms with E-state index in [9.17, 15) is 0 Å². The number of hydrazine groups is 3. The molecule has 1 rings (SSSR count). The van der Waals surface area contributed by atoms with Gasteiger partial charge in [0.05, 0.1) is 6.54 Å². The summed E-state index contributed by atoms with van der Waals surface area (Å²) < 4.78 is 0. The summed E-state index contributed by atoms with van der Waals surface area (Å²) in [7, 11) is 0. The number of nitrogens with one attached hydrogen (secondary N) is 3. The van der Waals surface area contributed by atoms with E-state index in [1.54, 1.807) is 5.01 Å². The Morgan fingerprint density at radius 1 is 1.67 bits per heavy atom. The minimum Gasteiger partial charge on any atom is -0.329 e. The van der Waals surface area contributed by atoms with Crippen molar-refractivity contribution in [3.63, 3.8) is 0 Å². The van der Waals surface area contributed by atoms with Crippen molar-refractivity contribution >= 4 is 17.3 Å². The molecule has 0 aliphatic carbocycles. The van der Waals surface area contributed by atoms with E-state index in [1.165, 1.54) is 0 Å². The maximum absolute atomic E-state index is 5.27. The highest BCUT2D eigenvalue weighted by Crippen LogP contribution is 1.84. The monoisotopic (exact) mass is 147 g/mol. The summed E-state index contributed by atoms with van der Waals surface area (Å²) in [5, 5.41) is 2.34. The third kappa shape index (κ3) is 1.49. The molecule has 0 saturated carbocycles. The van der Waals surface area contributed by atoms with Gasteiger partial charge in [-0.25, -0.2) is 0 Å². The van der Waals surface area contributed by atoms with Crippen LogP contribution in [0.15, 0.2) is 0 Å². The lowest BCUT2D eigenvalue weighted by Gasteiger charge is -2.11. The van der Waals surface area contributed by atoms with Crippen molar-refractivity contribution < 1.29 is 0 Å². The van der Waals surface area contributed by atoms with Crippen LogP contribution in [-0.2, 0) is 0 Å². The molecule has 1 aliphatic heterocycles. The molecule has 5 nitrogen and oxygen atoms in total. The Morgan fingerprint density at radius 3 is 2.89 bits per heavy atom. The normalized spacial score (nSPS) is 18.3. The molecule has 0 amide bonds. The van der Waals surface area contributed by atoms with Crippen molar-refractivity contribution in [1.82, 2.24) is 21.5 Å². The number of nitrogens with zero attached hydrogens (tertiary/aromatic N) is 1. The van der Waals surface area contributed by atoms with Crippen molar-refractivity contribution in [3.05, 3.63) is 0 Å². The fourth-order valence-corrected chi connectivity index (χ4v) is 0.742. The molecule has 5 N–H and O–H groups in total. The SMILES string of the molecule is NCCN1NNNC1=S. The van der Waals surface area contributed by atoms with Gasteiger partial charge in [-0.3, -0.25) is 10.4 Å². The predicted octanol–water partition coefficient (Wildman–Crippen LogP) is -1.94. The first-order valence-electron chi connectivity index (χ1n) is 2.63. The summed E-state index contributed by atoms with van der Waals surface area (Å²) in [6.45, 7) is 1.29. The maximum atomic E-state index is 5.27. The molecular formula is C3H9N5S. The highest BCUT2D eigenvalue weighted by atomic mass is 32.1. The third-order valence-electron chi connectivity index (χ3n) is 0.958. The first-order valence-corrected chi connectivity index (χ1v) is 3.03. The highest BCUT2D eigenvalue weighted by molar-refractivity contribution is 7.80. The standard InChI is InChI=1S/C3H9N5S/c4-1-2-8-3(9)5-6-7-8/h6-7H,1-2,4H2,(H,5,9). The summed E-state index contributed by atoms with van der Waals surface area (Å²) >= 11 is 4.84. The fourth-order valence-electron chi connectivity index (χ4n) is 0.554. The molecule has 1 aliphatic rings. The molecule has 0 spiro atoms. The van der Waals surface area contributed by atoms with Crippen LogP contribution in [0.5, 0.6) is 0 Å². The van der Waals surface area contributed by atoms with E-state index >= 15 is 0 Å². The topological polar surface area (TPSA) is 65.3 Å². The molecule has 0 unspecified atom stereocenters. The van der Waals surface area contributed by atoms with E-state index in [4.69, 9.17) is 18.0 Å². The maximum Gasteiger partial charge on any atom is 0.200 e. The van der Waals surface area contributed by atoms with Crippen molar-refractivity contribution in [2.24, 2.45) is 5.73 Å². The molecule has 0 aromatic rings. The lowest BCUT2D eigenvalue weighted by Crippen LogP contribution is -2.40. The zero-order chi connectivity index (χ0) is 6.69. The molecular weight excluding hydrogens is 138 g/mol. The van der Waals surface area contributed by atoms with Gasteiger partial charge in [0.1, 0.15) is 0 Å². The second-order valence-electron chi connectivity index (χ2n) is 1.61. The Balaban J connectivity index is 2.31. The number of hydrogen-bond acceptors (Lipinski definition) is 4. The van der Waals surface area contributed by atoms with Crippen molar-refractivity contribution in [2.45, 2.75) is 0 Å². The summed E-state index contributed by atoms with van der Waals surface area (Å²) in [6, 6.07) is 0. The third-order valence-corrected chi connectivity index (χ3v) is 1.28. The summed E-state index contributed by atoms with van der Waals surface area (Å²) in [6.07, 6.45) is 0. The summed E-state index contributed by atoms with van der Waals surface area (Å²) in [5.41, 5.74) is 13.4. The smallest absolute Gasteiger partial charge is 0.200 e. The van der Waals surface area contributed by atoms with Crippen LogP contribution in [-0.4, -0.2) is 23.2 Å². The number of hydrogen-bond donors (Lipinski definition) is 4. The van der Waals surface area contributed by atoms with Gasteiger partial charge in [0, 0.05) is 6.54 Å². The Hall–Kier alpha value is -0.430. The predicted molar refractivity (Wildman–Crippen MR) is 37.8 cm³/mol. The van der Waals surface area contributed by atoms with Crippen LogP contribution in [0.2, 0.25) is 0 Å². The van der Waals surface area contributed by atoms with E-state index in [-0.39, 0.29) is 0 Å². The van der Waals surface area contributed by atoms with Crippen LogP contribution in [0.3, 0.4) is 0 Å². The van der Waals surface area contributed by atoms with E-state index < -0.39 is 0 Å².